The maximum Gasteiger partial charge on any atom is 0.152 e. The number of hydrogen-bond donors (Lipinski definition) is 1. The van der Waals surface area contributed by atoms with E-state index >= 15 is 0 Å². The van der Waals surface area contributed by atoms with Crippen LogP contribution in [-0.2, 0) is 0 Å². The van der Waals surface area contributed by atoms with Crippen molar-refractivity contribution < 1.29 is 4.39 Å². The van der Waals surface area contributed by atoms with Crippen LogP contribution in [-0.4, -0.2) is 0 Å². The number of nitrogen functional groups attached to an aromatic ring is 1. The van der Waals surface area contributed by atoms with Gasteiger partial charge in [0.15, 0.2) is 6.07 Å². The molecule has 0 aliphatic heterocycles. The van der Waals surface area contributed by atoms with E-state index in [1.54, 1.807) is 19.1 Å². The van der Waals surface area contributed by atoms with Gasteiger partial charge in [-0.1, -0.05) is 0 Å². The molecule has 0 saturated carbocycles. The molecule has 1 rings (SSSR count). The quantitative estimate of drug-likeness (QED) is 0.479. The summed E-state index contributed by atoms with van der Waals surface area (Å²) in [5.74, 6) is 4.06. The minimum atomic E-state index is -0.456. The number of benzene rings is 1. The van der Waals surface area contributed by atoms with Gasteiger partial charge in [0.2, 0.25) is 0 Å². The predicted octanol–water partition coefficient (Wildman–Crippen LogP) is 1.59. The second-order valence-corrected chi connectivity index (χ2v) is 2.50. The summed E-state index contributed by atoms with van der Waals surface area (Å²) in [4.78, 5) is 0. The largest absolute Gasteiger partial charge is 0.398 e. The number of nitrogens with zero attached hydrogens (tertiary/aromatic N) is 1. The summed E-state index contributed by atoms with van der Waals surface area (Å²) in [5.41, 5.74) is 6.42. The summed E-state index contributed by atoms with van der Waals surface area (Å²) in [6.07, 6.45) is 0. The molecule has 1 aromatic carbocycles. The minimum Gasteiger partial charge on any atom is -0.398 e. The first kappa shape index (κ1) is 9.09. The molecule has 0 unspecified atom stereocenters. The topological polar surface area (TPSA) is 49.8 Å². The first-order valence-corrected chi connectivity index (χ1v) is 3.61. The summed E-state index contributed by atoms with van der Waals surface area (Å²) >= 11 is 0. The molecule has 0 radical (unpaired) electrons. The highest BCUT2D eigenvalue weighted by atomic mass is 19.1. The lowest BCUT2D eigenvalue weighted by Gasteiger charge is -2.01. The van der Waals surface area contributed by atoms with Crippen LogP contribution in [0.3, 0.4) is 0 Å². The molecule has 2 nitrogen and oxygen atoms in total. The molecule has 13 heavy (non-hydrogen) atoms. The molecular weight excluding hydrogens is 167 g/mol. The van der Waals surface area contributed by atoms with Crippen LogP contribution in [0.1, 0.15) is 11.1 Å². The molecule has 0 aliphatic carbocycles. The number of nitriles is 1. The van der Waals surface area contributed by atoms with E-state index in [0.29, 0.717) is 11.3 Å². The van der Waals surface area contributed by atoms with E-state index in [-0.39, 0.29) is 5.56 Å². The lowest BCUT2D eigenvalue weighted by Crippen LogP contribution is -1.95. The Morgan fingerprint density at radius 2 is 2.15 bits per heavy atom. The average Bonchev–Trinajstić information content (AvgIpc) is 2.13. The van der Waals surface area contributed by atoms with Crippen LogP contribution < -0.4 is 5.73 Å². The fraction of sp³-hybridized carbons (Fsp3) is 0.100. The lowest BCUT2D eigenvalue weighted by atomic mass is 10.1. The Morgan fingerprint density at radius 1 is 1.46 bits per heavy atom. The second kappa shape index (κ2) is 3.60. The molecule has 0 saturated heterocycles. The van der Waals surface area contributed by atoms with Crippen LogP contribution >= 0.6 is 0 Å². The van der Waals surface area contributed by atoms with Gasteiger partial charge in [0.1, 0.15) is 5.82 Å². The van der Waals surface area contributed by atoms with Crippen molar-refractivity contribution in [3.8, 4) is 17.9 Å². The standard InChI is InChI=1S/C10H7FN2/c1-7-9(13)5-4-8(10(7)11)3-2-6-12/h4-5H,13H2,1H3. The summed E-state index contributed by atoms with van der Waals surface area (Å²) in [5, 5.41) is 8.17. The number of anilines is 1. The molecule has 2 N–H and O–H groups in total. The fourth-order valence-electron chi connectivity index (χ4n) is 0.892. The third kappa shape index (κ3) is 1.77. The second-order valence-electron chi connectivity index (χ2n) is 2.50. The minimum absolute atomic E-state index is 0.202. The number of hydrogen-bond acceptors (Lipinski definition) is 2. The van der Waals surface area contributed by atoms with E-state index in [4.69, 9.17) is 11.0 Å². The smallest absolute Gasteiger partial charge is 0.152 e. The third-order valence-electron chi connectivity index (χ3n) is 1.68. The van der Waals surface area contributed by atoms with E-state index in [1.165, 1.54) is 6.07 Å². The summed E-state index contributed by atoms with van der Waals surface area (Å²) in [7, 11) is 0. The first-order chi connectivity index (χ1) is 6.16. The molecule has 0 atom stereocenters. The van der Waals surface area contributed by atoms with Gasteiger partial charge in [-0.05, 0) is 25.0 Å². The fourth-order valence-corrected chi connectivity index (χ4v) is 0.892. The number of rotatable bonds is 0. The van der Waals surface area contributed by atoms with Crippen LogP contribution in [0.4, 0.5) is 10.1 Å². The highest BCUT2D eigenvalue weighted by molar-refractivity contribution is 5.53. The Labute approximate surface area is 75.8 Å². The van der Waals surface area contributed by atoms with Gasteiger partial charge in [-0.2, -0.15) is 5.26 Å². The summed E-state index contributed by atoms with van der Waals surface area (Å²) < 4.78 is 13.3. The van der Waals surface area contributed by atoms with E-state index in [9.17, 15) is 4.39 Å². The monoisotopic (exact) mass is 174 g/mol. The van der Waals surface area contributed by atoms with Gasteiger partial charge in [0.25, 0.3) is 0 Å². The normalized spacial score (nSPS) is 8.38. The van der Waals surface area contributed by atoms with Crippen molar-refractivity contribution in [2.45, 2.75) is 6.92 Å². The third-order valence-corrected chi connectivity index (χ3v) is 1.68. The van der Waals surface area contributed by atoms with Crippen LogP contribution in [0.15, 0.2) is 12.1 Å². The van der Waals surface area contributed by atoms with Crippen molar-refractivity contribution >= 4 is 5.69 Å². The van der Waals surface area contributed by atoms with Crippen molar-refractivity contribution in [3.63, 3.8) is 0 Å². The van der Waals surface area contributed by atoms with E-state index in [0.717, 1.165) is 0 Å². The summed E-state index contributed by atoms with van der Waals surface area (Å²) in [6.45, 7) is 1.57. The number of halogens is 1. The van der Waals surface area contributed by atoms with E-state index in [1.807, 2.05) is 0 Å². The summed E-state index contributed by atoms with van der Waals surface area (Å²) in [6, 6.07) is 4.65. The molecule has 3 heteroatoms. The Morgan fingerprint density at radius 3 is 2.77 bits per heavy atom. The average molecular weight is 174 g/mol. The maximum atomic E-state index is 13.3. The molecule has 0 spiro atoms. The lowest BCUT2D eigenvalue weighted by molar-refractivity contribution is 0.616. The van der Waals surface area contributed by atoms with Crippen LogP contribution in [0.5, 0.6) is 0 Å². The van der Waals surface area contributed by atoms with Crippen LogP contribution in [0.25, 0.3) is 0 Å². The molecule has 1 aromatic rings. The predicted molar refractivity (Wildman–Crippen MR) is 48.0 cm³/mol. The molecule has 64 valence electrons. The van der Waals surface area contributed by atoms with Crippen molar-refractivity contribution in [1.29, 1.82) is 5.26 Å². The van der Waals surface area contributed by atoms with Gasteiger partial charge in [0, 0.05) is 17.2 Å². The number of nitrogens with two attached hydrogens (primary N) is 1. The highest BCUT2D eigenvalue weighted by Gasteiger charge is 2.05. The van der Waals surface area contributed by atoms with Gasteiger partial charge >= 0.3 is 0 Å². The zero-order valence-corrected chi connectivity index (χ0v) is 7.06. The van der Waals surface area contributed by atoms with Crippen molar-refractivity contribution in [1.82, 2.24) is 0 Å². The van der Waals surface area contributed by atoms with Gasteiger partial charge in [0.05, 0.1) is 5.56 Å². The first-order valence-electron chi connectivity index (χ1n) is 3.61. The Balaban J connectivity index is 3.28. The zero-order valence-electron chi connectivity index (χ0n) is 7.06. The van der Waals surface area contributed by atoms with Gasteiger partial charge in [-0.3, -0.25) is 0 Å². The Hall–Kier alpha value is -2.00. The Kier molecular flexibility index (Phi) is 2.52. The van der Waals surface area contributed by atoms with E-state index in [2.05, 4.69) is 11.8 Å². The SMILES string of the molecule is Cc1c(N)ccc(C#CC#N)c1F. The van der Waals surface area contributed by atoms with Crippen molar-refractivity contribution in [2.24, 2.45) is 0 Å². The van der Waals surface area contributed by atoms with Gasteiger partial charge in [-0.15, -0.1) is 0 Å². The molecule has 0 aliphatic rings. The Bertz CT molecular complexity index is 433. The molecule has 0 aromatic heterocycles. The zero-order chi connectivity index (χ0) is 9.84. The van der Waals surface area contributed by atoms with Crippen LogP contribution in [0.2, 0.25) is 0 Å². The van der Waals surface area contributed by atoms with Crippen molar-refractivity contribution in [3.05, 3.63) is 29.1 Å². The molecule has 0 amide bonds. The molecule has 0 fully saturated rings. The van der Waals surface area contributed by atoms with E-state index < -0.39 is 5.82 Å². The molecular formula is C10H7FN2. The molecule has 0 bridgehead atoms. The van der Waals surface area contributed by atoms with Gasteiger partial charge < -0.3 is 5.73 Å². The molecule has 0 heterocycles. The maximum absolute atomic E-state index is 13.3. The van der Waals surface area contributed by atoms with Gasteiger partial charge in [-0.25, -0.2) is 4.39 Å². The van der Waals surface area contributed by atoms with Crippen LogP contribution in [0, 0.1) is 35.9 Å². The van der Waals surface area contributed by atoms with Crippen molar-refractivity contribution in [2.75, 3.05) is 5.73 Å². The highest BCUT2D eigenvalue weighted by Crippen LogP contribution is 2.17.